The summed E-state index contributed by atoms with van der Waals surface area (Å²) in [6.07, 6.45) is 6.96. The van der Waals surface area contributed by atoms with Crippen LogP contribution in [0.15, 0.2) is 36.9 Å². The highest BCUT2D eigenvalue weighted by atomic mass is 35.5. The van der Waals surface area contributed by atoms with Gasteiger partial charge in [0.2, 0.25) is 0 Å². The lowest BCUT2D eigenvalue weighted by atomic mass is 9.91. The Labute approximate surface area is 152 Å². The summed E-state index contributed by atoms with van der Waals surface area (Å²) in [5.41, 5.74) is 2.85. The smallest absolute Gasteiger partial charge is 0.0946 e. The second-order valence-corrected chi connectivity index (χ2v) is 7.53. The van der Waals surface area contributed by atoms with Gasteiger partial charge in [-0.05, 0) is 31.4 Å². The maximum absolute atomic E-state index is 10.8. The highest BCUT2D eigenvalue weighted by Gasteiger charge is 2.32. The van der Waals surface area contributed by atoms with Gasteiger partial charge in [0.05, 0.1) is 29.0 Å². The number of piperidine rings is 1. The van der Waals surface area contributed by atoms with Crippen LogP contribution < -0.4 is 0 Å². The van der Waals surface area contributed by atoms with Crippen LogP contribution in [0.1, 0.15) is 24.1 Å². The molecular weight excluding hydrogens is 336 g/mol. The van der Waals surface area contributed by atoms with Gasteiger partial charge in [-0.1, -0.05) is 23.7 Å². The molecule has 0 unspecified atom stereocenters. The number of para-hydroxylation sites is 1. The van der Waals surface area contributed by atoms with Gasteiger partial charge in [-0.3, -0.25) is 4.90 Å². The molecule has 1 fully saturated rings. The van der Waals surface area contributed by atoms with Gasteiger partial charge in [0.15, 0.2) is 0 Å². The zero-order valence-corrected chi connectivity index (χ0v) is 15.1. The minimum Gasteiger partial charge on any atom is -0.388 e. The molecule has 132 valence electrons. The molecule has 0 bridgehead atoms. The number of fused-ring (bicyclic) bond motifs is 1. The minimum absolute atomic E-state index is 0.613. The fourth-order valence-corrected chi connectivity index (χ4v) is 3.98. The van der Waals surface area contributed by atoms with Crippen molar-refractivity contribution >= 4 is 22.5 Å². The van der Waals surface area contributed by atoms with E-state index in [2.05, 4.69) is 27.9 Å². The van der Waals surface area contributed by atoms with Gasteiger partial charge in [-0.2, -0.15) is 0 Å². The fourth-order valence-electron chi connectivity index (χ4n) is 3.76. The summed E-state index contributed by atoms with van der Waals surface area (Å²) >= 11 is 6.30. The van der Waals surface area contributed by atoms with Gasteiger partial charge in [0.25, 0.3) is 0 Å². The number of aromatic nitrogens is 3. The van der Waals surface area contributed by atoms with Gasteiger partial charge in [-0.25, -0.2) is 4.98 Å². The molecule has 5 nitrogen and oxygen atoms in total. The van der Waals surface area contributed by atoms with Gasteiger partial charge < -0.3 is 14.7 Å². The average Bonchev–Trinajstić information content (AvgIpc) is 3.20. The molecule has 0 atom stereocenters. The number of likely N-dealkylation sites (tertiary alicyclic amines) is 1. The Morgan fingerprint density at radius 3 is 2.80 bits per heavy atom. The van der Waals surface area contributed by atoms with Crippen molar-refractivity contribution in [1.82, 2.24) is 19.4 Å². The molecule has 4 rings (SSSR count). The van der Waals surface area contributed by atoms with Crippen LogP contribution in [-0.2, 0) is 13.1 Å². The van der Waals surface area contributed by atoms with E-state index in [-0.39, 0.29) is 0 Å². The summed E-state index contributed by atoms with van der Waals surface area (Å²) in [5.74, 6) is 0. The van der Waals surface area contributed by atoms with Crippen molar-refractivity contribution in [2.24, 2.45) is 0 Å². The molecule has 0 aliphatic carbocycles. The summed E-state index contributed by atoms with van der Waals surface area (Å²) < 4.78 is 1.96. The molecule has 1 aliphatic heterocycles. The van der Waals surface area contributed by atoms with E-state index in [0.717, 1.165) is 43.0 Å². The van der Waals surface area contributed by atoms with E-state index in [1.807, 2.05) is 22.9 Å². The van der Waals surface area contributed by atoms with E-state index in [0.29, 0.717) is 6.54 Å². The van der Waals surface area contributed by atoms with Gasteiger partial charge >= 0.3 is 0 Å². The Hall–Kier alpha value is -1.82. The second kappa shape index (κ2) is 6.48. The molecule has 25 heavy (non-hydrogen) atoms. The quantitative estimate of drug-likeness (QED) is 0.752. The van der Waals surface area contributed by atoms with Gasteiger partial charge in [0, 0.05) is 43.1 Å². The largest absolute Gasteiger partial charge is 0.388 e. The topological polar surface area (TPSA) is 57.1 Å². The number of aliphatic hydroxyl groups is 1. The Morgan fingerprint density at radius 1 is 1.32 bits per heavy atom. The summed E-state index contributed by atoms with van der Waals surface area (Å²) in [6.45, 7) is 5.38. The summed E-state index contributed by atoms with van der Waals surface area (Å²) in [7, 11) is 0. The molecule has 0 amide bonds. The number of imidazole rings is 1. The Kier molecular flexibility index (Phi) is 4.31. The zero-order chi connectivity index (χ0) is 17.4. The standard InChI is InChI=1S/C19H23ClN4O/c1-14-15-3-2-4-16(20)18(15)22-17(14)11-23-8-5-19(25,6-9-23)12-24-10-7-21-13-24/h2-4,7,10,13,22,25H,5-6,8-9,11-12H2,1H3. The molecule has 1 aromatic carbocycles. The van der Waals surface area contributed by atoms with E-state index in [1.165, 1.54) is 16.6 Å². The number of H-pyrrole nitrogens is 1. The first-order valence-corrected chi connectivity index (χ1v) is 9.08. The number of halogens is 1. The summed E-state index contributed by atoms with van der Waals surface area (Å²) in [5, 5.41) is 12.8. The second-order valence-electron chi connectivity index (χ2n) is 7.13. The maximum atomic E-state index is 10.8. The molecule has 0 radical (unpaired) electrons. The van der Waals surface area contributed by atoms with Crippen molar-refractivity contribution in [3.63, 3.8) is 0 Å². The first-order chi connectivity index (χ1) is 12.0. The molecule has 3 aromatic rings. The molecule has 1 aliphatic rings. The molecule has 0 saturated carbocycles. The van der Waals surface area contributed by atoms with Gasteiger partial charge in [-0.15, -0.1) is 0 Å². The number of rotatable bonds is 4. The van der Waals surface area contributed by atoms with Crippen LogP contribution in [0.2, 0.25) is 5.02 Å². The molecule has 2 N–H and O–H groups in total. The average molecular weight is 359 g/mol. The maximum Gasteiger partial charge on any atom is 0.0946 e. The minimum atomic E-state index is -0.643. The molecule has 2 aromatic heterocycles. The number of aryl methyl sites for hydroxylation is 1. The van der Waals surface area contributed by atoms with Crippen molar-refractivity contribution < 1.29 is 5.11 Å². The Bertz CT molecular complexity index is 863. The van der Waals surface area contributed by atoms with Crippen LogP contribution in [0.25, 0.3) is 10.9 Å². The molecule has 1 saturated heterocycles. The molecular formula is C19H23ClN4O. The van der Waals surface area contributed by atoms with Crippen LogP contribution in [0, 0.1) is 6.92 Å². The fraction of sp³-hybridized carbons (Fsp3) is 0.421. The lowest BCUT2D eigenvalue weighted by Crippen LogP contribution is -2.46. The van der Waals surface area contributed by atoms with E-state index in [1.54, 1.807) is 12.5 Å². The highest BCUT2D eigenvalue weighted by Crippen LogP contribution is 2.30. The normalized spacial score (nSPS) is 18.0. The first-order valence-electron chi connectivity index (χ1n) is 8.70. The number of hydrogen-bond donors (Lipinski definition) is 2. The Balaban J connectivity index is 1.44. The molecule has 3 heterocycles. The number of nitrogens with one attached hydrogen (secondary N) is 1. The van der Waals surface area contributed by atoms with E-state index >= 15 is 0 Å². The van der Waals surface area contributed by atoms with E-state index in [9.17, 15) is 5.11 Å². The lowest BCUT2D eigenvalue weighted by Gasteiger charge is -2.38. The van der Waals surface area contributed by atoms with Crippen molar-refractivity contribution in [3.05, 3.63) is 53.2 Å². The summed E-state index contributed by atoms with van der Waals surface area (Å²) in [4.78, 5) is 9.94. The Morgan fingerprint density at radius 2 is 2.12 bits per heavy atom. The van der Waals surface area contributed by atoms with Gasteiger partial charge in [0.1, 0.15) is 0 Å². The van der Waals surface area contributed by atoms with Crippen LogP contribution in [0.4, 0.5) is 0 Å². The zero-order valence-electron chi connectivity index (χ0n) is 14.4. The molecule has 0 spiro atoms. The third-order valence-corrected chi connectivity index (χ3v) is 5.67. The van der Waals surface area contributed by atoms with E-state index < -0.39 is 5.60 Å². The monoisotopic (exact) mass is 358 g/mol. The highest BCUT2D eigenvalue weighted by molar-refractivity contribution is 6.35. The predicted molar refractivity (Wildman–Crippen MR) is 99.7 cm³/mol. The predicted octanol–water partition coefficient (Wildman–Crippen LogP) is 3.35. The third kappa shape index (κ3) is 3.32. The number of nitrogens with zero attached hydrogens (tertiary/aromatic N) is 3. The van der Waals surface area contributed by atoms with Crippen molar-refractivity contribution in [3.8, 4) is 0 Å². The van der Waals surface area contributed by atoms with Crippen molar-refractivity contribution in [1.29, 1.82) is 0 Å². The first kappa shape index (κ1) is 16.6. The van der Waals surface area contributed by atoms with Crippen molar-refractivity contribution in [2.45, 2.75) is 38.5 Å². The van der Waals surface area contributed by atoms with Crippen LogP contribution >= 0.6 is 11.6 Å². The SMILES string of the molecule is Cc1c(CN2CCC(O)(Cn3ccnc3)CC2)[nH]c2c(Cl)cccc12. The summed E-state index contributed by atoms with van der Waals surface area (Å²) in [6, 6.07) is 6.02. The van der Waals surface area contributed by atoms with Crippen LogP contribution in [-0.4, -0.2) is 43.2 Å². The van der Waals surface area contributed by atoms with Crippen molar-refractivity contribution in [2.75, 3.05) is 13.1 Å². The third-order valence-electron chi connectivity index (χ3n) is 5.35. The number of aromatic amines is 1. The lowest BCUT2D eigenvalue weighted by molar-refractivity contribution is -0.0359. The van der Waals surface area contributed by atoms with Crippen LogP contribution in [0.5, 0.6) is 0 Å². The molecule has 6 heteroatoms. The van der Waals surface area contributed by atoms with E-state index in [4.69, 9.17) is 11.6 Å². The number of hydrogen-bond acceptors (Lipinski definition) is 3. The van der Waals surface area contributed by atoms with Crippen LogP contribution in [0.3, 0.4) is 0 Å². The number of benzene rings is 1.